The topological polar surface area (TPSA) is 78.6 Å². The van der Waals surface area contributed by atoms with Gasteiger partial charge in [0.05, 0.1) is 6.61 Å². The van der Waals surface area contributed by atoms with Crippen LogP contribution >= 0.6 is 29.5 Å². The van der Waals surface area contributed by atoms with Crippen LogP contribution in [0.3, 0.4) is 0 Å². The second-order valence-electron chi connectivity index (χ2n) is 8.94. The predicted octanol–water partition coefficient (Wildman–Crippen LogP) is 6.51. The number of thioether (sulfide) groups is 1. The Morgan fingerprint density at radius 3 is 2.48 bits per heavy atom. The van der Waals surface area contributed by atoms with E-state index in [0.717, 1.165) is 16.4 Å². The van der Waals surface area contributed by atoms with Gasteiger partial charge in [0.15, 0.2) is 6.34 Å². The minimum absolute atomic E-state index is 0.0234. The van der Waals surface area contributed by atoms with E-state index >= 15 is 0 Å². The van der Waals surface area contributed by atoms with Gasteiger partial charge in [0.2, 0.25) is 5.91 Å². The Bertz CT molecular complexity index is 919. The maximum absolute atomic E-state index is 13.6. The molecule has 0 saturated carbocycles. The molecular weight excluding hydrogens is 473 g/mol. The van der Waals surface area contributed by atoms with Gasteiger partial charge in [-0.3, -0.25) is 4.79 Å². The molecule has 0 bridgehead atoms. The maximum Gasteiger partial charge on any atom is 0.232 e. The number of hydrogen-bond donors (Lipinski definition) is 1. The fourth-order valence-electron chi connectivity index (χ4n) is 3.44. The van der Waals surface area contributed by atoms with E-state index in [0.29, 0.717) is 32.7 Å². The Kier molecular flexibility index (Phi) is 10.4. The normalized spacial score (nSPS) is 18.6. The van der Waals surface area contributed by atoms with E-state index in [-0.39, 0.29) is 5.41 Å². The summed E-state index contributed by atoms with van der Waals surface area (Å²) in [7, 11) is 0. The summed E-state index contributed by atoms with van der Waals surface area (Å²) in [5.74, 6) is 1.18. The molecule has 2 N–H and O–H groups in total. The molecule has 5 nitrogen and oxygen atoms in total. The largest absolute Gasteiger partial charge is 0.493 e. The number of allylic oxidation sites excluding steroid dienone is 4. The van der Waals surface area contributed by atoms with E-state index < -0.39 is 17.4 Å². The van der Waals surface area contributed by atoms with Crippen LogP contribution in [0.25, 0.3) is 0 Å². The van der Waals surface area contributed by atoms with Gasteiger partial charge < -0.3 is 19.8 Å². The smallest absolute Gasteiger partial charge is 0.232 e. The van der Waals surface area contributed by atoms with Gasteiger partial charge in [0, 0.05) is 34.2 Å². The van der Waals surface area contributed by atoms with Crippen molar-refractivity contribution < 1.29 is 18.8 Å². The van der Waals surface area contributed by atoms with Crippen molar-refractivity contribution in [3.8, 4) is 5.75 Å². The Hall–Kier alpha value is -1.40. The highest BCUT2D eigenvalue weighted by molar-refractivity contribution is 8.58. The van der Waals surface area contributed by atoms with Crippen molar-refractivity contribution in [3.05, 3.63) is 60.1 Å². The lowest BCUT2D eigenvalue weighted by Gasteiger charge is -2.38. The summed E-state index contributed by atoms with van der Waals surface area (Å²) in [6.45, 7) is 13.2. The van der Waals surface area contributed by atoms with Gasteiger partial charge in [-0.1, -0.05) is 50.0 Å². The Labute approximate surface area is 206 Å². The third-order valence-corrected chi connectivity index (χ3v) is 13.0. The zero-order valence-electron chi connectivity index (χ0n) is 20.0. The third kappa shape index (κ3) is 7.81. The zero-order chi connectivity index (χ0) is 24.5. The predicted molar refractivity (Wildman–Crippen MR) is 143 cm³/mol. The molecule has 1 saturated heterocycles. The summed E-state index contributed by atoms with van der Waals surface area (Å²) < 4.78 is 25.0. The van der Waals surface area contributed by atoms with E-state index in [1.807, 2.05) is 37.3 Å². The molecule has 1 unspecified atom stereocenters. The highest BCUT2D eigenvalue weighted by atomic mass is 32.7. The third-order valence-electron chi connectivity index (χ3n) is 5.60. The molecule has 182 valence electrons. The number of carbonyl (C=O) groups is 1. The van der Waals surface area contributed by atoms with Crippen LogP contribution in [0.5, 0.6) is 5.75 Å². The van der Waals surface area contributed by atoms with Crippen LogP contribution in [0.15, 0.2) is 64.9 Å². The number of primary amides is 1. The number of benzene rings is 1. The Morgan fingerprint density at radius 1 is 1.30 bits per heavy atom. The molecular formula is C25H36NO4PS2. The van der Waals surface area contributed by atoms with Gasteiger partial charge in [-0.05, 0) is 56.8 Å². The second kappa shape index (κ2) is 12.3. The molecule has 1 aromatic rings. The fraction of sp³-hybridized carbons (Fsp3) is 0.480. The molecule has 2 rings (SSSR count). The summed E-state index contributed by atoms with van der Waals surface area (Å²) in [5, 5.41) is -1.01. The van der Waals surface area contributed by atoms with Crippen LogP contribution in [0.1, 0.15) is 33.6 Å². The fourth-order valence-corrected chi connectivity index (χ4v) is 9.56. The first kappa shape index (κ1) is 27.8. The zero-order valence-corrected chi connectivity index (χ0v) is 22.6. The number of nitrogens with two attached hydrogens (primary N) is 1. The van der Waals surface area contributed by atoms with Gasteiger partial charge in [0.1, 0.15) is 10.9 Å². The van der Waals surface area contributed by atoms with Crippen molar-refractivity contribution >= 4 is 35.4 Å². The van der Waals surface area contributed by atoms with Crippen molar-refractivity contribution in [3.63, 3.8) is 0 Å². The first-order valence-electron chi connectivity index (χ1n) is 11.0. The van der Waals surface area contributed by atoms with Crippen molar-refractivity contribution in [1.29, 1.82) is 0 Å². The summed E-state index contributed by atoms with van der Waals surface area (Å²) >= 11 is 3.05. The minimum Gasteiger partial charge on any atom is -0.493 e. The van der Waals surface area contributed by atoms with Crippen LogP contribution in [-0.2, 0) is 14.1 Å². The average molecular weight is 510 g/mol. The van der Waals surface area contributed by atoms with Crippen molar-refractivity contribution in [1.82, 2.24) is 0 Å². The summed E-state index contributed by atoms with van der Waals surface area (Å²) in [4.78, 5) is 14.3. The van der Waals surface area contributed by atoms with Gasteiger partial charge in [-0.15, -0.1) is 11.8 Å². The summed E-state index contributed by atoms with van der Waals surface area (Å²) in [6.07, 6.45) is 5.69. The van der Waals surface area contributed by atoms with Crippen molar-refractivity contribution in [2.24, 2.45) is 11.1 Å². The minimum atomic E-state index is -2.96. The number of hydrogen-bond acceptors (Lipinski definition) is 6. The molecule has 0 radical (unpaired) electrons. The molecule has 8 heteroatoms. The van der Waals surface area contributed by atoms with Gasteiger partial charge in [-0.2, -0.15) is 0 Å². The van der Waals surface area contributed by atoms with E-state index in [1.165, 1.54) is 16.3 Å². The van der Waals surface area contributed by atoms with E-state index in [9.17, 15) is 9.36 Å². The van der Waals surface area contributed by atoms with E-state index in [4.69, 9.17) is 15.2 Å². The average Bonchev–Trinajstić information content (AvgIpc) is 2.79. The number of amides is 1. The van der Waals surface area contributed by atoms with Gasteiger partial charge in [-0.25, -0.2) is 0 Å². The SMILES string of the molecule is C=C/C=C\C(=C/C)SCC(C)(C)COc1ccc(SP(C)(=O)C2(C(N)=O)CCOCC2)cc1. The highest BCUT2D eigenvalue weighted by Gasteiger charge is 2.51. The number of ether oxygens (including phenoxy) is 2. The molecule has 0 spiro atoms. The highest BCUT2D eigenvalue weighted by Crippen LogP contribution is 2.70. The first-order valence-corrected chi connectivity index (χ1v) is 15.6. The van der Waals surface area contributed by atoms with Crippen molar-refractivity contribution in [2.45, 2.75) is 43.7 Å². The lowest BCUT2D eigenvalue weighted by atomic mass is 9.98. The van der Waals surface area contributed by atoms with Gasteiger partial charge in [0.25, 0.3) is 0 Å². The lowest BCUT2D eigenvalue weighted by molar-refractivity contribution is -0.122. The van der Waals surface area contributed by atoms with Crippen LogP contribution in [0, 0.1) is 5.41 Å². The van der Waals surface area contributed by atoms with Crippen molar-refractivity contribution in [2.75, 3.05) is 32.2 Å². The number of carbonyl (C=O) groups excluding carboxylic acids is 1. The molecule has 1 fully saturated rings. The Balaban J connectivity index is 1.97. The molecule has 1 aliphatic heterocycles. The van der Waals surface area contributed by atoms with Crippen LogP contribution in [0.4, 0.5) is 0 Å². The van der Waals surface area contributed by atoms with E-state index in [2.05, 4.69) is 32.6 Å². The molecule has 0 aromatic heterocycles. The molecule has 0 aliphatic carbocycles. The quantitative estimate of drug-likeness (QED) is 0.256. The van der Waals surface area contributed by atoms with E-state index in [1.54, 1.807) is 24.5 Å². The summed E-state index contributed by atoms with van der Waals surface area (Å²) in [5.41, 5.74) is 5.69. The van der Waals surface area contributed by atoms with Crippen LogP contribution in [-0.4, -0.2) is 43.3 Å². The maximum atomic E-state index is 13.6. The molecule has 1 aromatic carbocycles. The Morgan fingerprint density at radius 2 is 1.94 bits per heavy atom. The number of rotatable bonds is 12. The molecule has 1 atom stereocenters. The standard InChI is InChI=1S/C25H36NO4PS2/c1-6-8-9-21(7-2)32-19-24(3,4)18-30-20-10-12-22(13-11-20)33-31(5,28)25(23(26)27)14-16-29-17-15-25/h6-13H,1,14-19H2,2-5H3,(H2,26,27)/b9-8-,21-7+. The molecule has 33 heavy (non-hydrogen) atoms. The summed E-state index contributed by atoms with van der Waals surface area (Å²) in [6, 6.07) is 7.56. The molecule has 1 amide bonds. The molecule has 1 heterocycles. The molecule has 1 aliphatic rings. The van der Waals surface area contributed by atoms with Crippen LogP contribution in [0.2, 0.25) is 0 Å². The monoisotopic (exact) mass is 509 g/mol. The first-order chi connectivity index (χ1) is 15.5. The van der Waals surface area contributed by atoms with Gasteiger partial charge >= 0.3 is 0 Å². The second-order valence-corrected chi connectivity index (χ2v) is 15.8. The lowest BCUT2D eigenvalue weighted by Crippen LogP contribution is -2.47. The van der Waals surface area contributed by atoms with Crippen LogP contribution < -0.4 is 10.5 Å².